The Labute approximate surface area is 140 Å². The number of hydrogen-bond acceptors (Lipinski definition) is 5. The maximum Gasteiger partial charge on any atom is 0.239 e. The number of carbonyl (C=O) groups excluding carboxylic acids is 1. The van der Waals surface area contributed by atoms with E-state index in [1.165, 1.54) is 0 Å². The van der Waals surface area contributed by atoms with Crippen molar-refractivity contribution in [1.82, 2.24) is 19.9 Å². The summed E-state index contributed by atoms with van der Waals surface area (Å²) in [6.45, 7) is 2.91. The third kappa shape index (κ3) is 3.47. The second-order valence-electron chi connectivity index (χ2n) is 6.47. The fraction of sp³-hybridized carbons (Fsp3) is 0.471. The fourth-order valence-electron chi connectivity index (χ4n) is 3.05. The van der Waals surface area contributed by atoms with Crippen molar-refractivity contribution in [1.29, 1.82) is 0 Å². The number of piperidine rings is 1. The molecule has 7 heteroatoms. The predicted molar refractivity (Wildman–Crippen MR) is 89.0 cm³/mol. The van der Waals surface area contributed by atoms with Crippen LogP contribution < -0.4 is 5.73 Å². The summed E-state index contributed by atoms with van der Waals surface area (Å²) < 4.78 is 0. The minimum absolute atomic E-state index is 0.0940. The lowest BCUT2D eigenvalue weighted by Gasteiger charge is -2.38. The summed E-state index contributed by atoms with van der Waals surface area (Å²) >= 11 is 0. The largest absolute Gasteiger partial charge is 0.383 e. The van der Waals surface area contributed by atoms with E-state index in [-0.39, 0.29) is 5.91 Å². The Hall–Kier alpha value is -2.25. The minimum Gasteiger partial charge on any atom is -0.383 e. The molecule has 1 amide bonds. The van der Waals surface area contributed by atoms with Gasteiger partial charge in [0.25, 0.3) is 0 Å². The lowest BCUT2D eigenvalue weighted by Crippen LogP contribution is -2.51. The predicted octanol–water partition coefficient (Wildman–Crippen LogP) is 0.493. The molecule has 0 bridgehead atoms. The second-order valence-corrected chi connectivity index (χ2v) is 6.47. The standard InChI is InChI=1S/C17H23N5O2/c1-12-2-3-15(20-9-12)17(24)4-6-22(7-5-17)16(23)14(18)8-13-10-19-11-21-13/h2-3,9-11,14,24H,4-8,18H2,1H3,(H,19,21)/t14-/m0/s1. The first kappa shape index (κ1) is 16.6. The summed E-state index contributed by atoms with van der Waals surface area (Å²) in [6.07, 6.45) is 6.36. The Kier molecular flexibility index (Phi) is 4.64. The number of aromatic nitrogens is 3. The van der Waals surface area contributed by atoms with Crippen LogP contribution in [-0.2, 0) is 16.8 Å². The summed E-state index contributed by atoms with van der Waals surface area (Å²) in [5.41, 5.74) is 7.61. The van der Waals surface area contributed by atoms with E-state index in [2.05, 4.69) is 15.0 Å². The first-order valence-electron chi connectivity index (χ1n) is 8.15. The molecule has 3 heterocycles. The van der Waals surface area contributed by atoms with E-state index >= 15 is 0 Å². The van der Waals surface area contributed by atoms with Crippen molar-refractivity contribution in [2.75, 3.05) is 13.1 Å². The monoisotopic (exact) mass is 329 g/mol. The zero-order valence-corrected chi connectivity index (χ0v) is 13.8. The normalized spacial score (nSPS) is 18.4. The summed E-state index contributed by atoms with van der Waals surface area (Å²) in [5, 5.41) is 10.8. The van der Waals surface area contributed by atoms with Gasteiger partial charge >= 0.3 is 0 Å². The zero-order chi connectivity index (χ0) is 17.2. The lowest BCUT2D eigenvalue weighted by atomic mass is 9.87. The maximum atomic E-state index is 12.5. The number of hydrogen-bond donors (Lipinski definition) is 3. The third-order valence-corrected chi connectivity index (χ3v) is 4.60. The molecule has 128 valence electrons. The number of imidazole rings is 1. The maximum absolute atomic E-state index is 12.5. The fourth-order valence-corrected chi connectivity index (χ4v) is 3.05. The Morgan fingerprint density at radius 1 is 1.42 bits per heavy atom. The summed E-state index contributed by atoms with van der Waals surface area (Å²) in [4.78, 5) is 25.4. The van der Waals surface area contributed by atoms with Crippen LogP contribution in [0, 0.1) is 6.92 Å². The van der Waals surface area contributed by atoms with Gasteiger partial charge in [-0.15, -0.1) is 0 Å². The third-order valence-electron chi connectivity index (χ3n) is 4.60. The van der Waals surface area contributed by atoms with Gasteiger partial charge in [0.1, 0.15) is 5.60 Å². The number of aromatic amines is 1. The molecule has 2 aromatic rings. The van der Waals surface area contributed by atoms with Crippen LogP contribution in [0.25, 0.3) is 0 Å². The Balaban J connectivity index is 1.59. The van der Waals surface area contributed by atoms with Crippen molar-refractivity contribution in [3.8, 4) is 0 Å². The van der Waals surface area contributed by atoms with Gasteiger partial charge in [-0.1, -0.05) is 6.07 Å². The highest BCUT2D eigenvalue weighted by Crippen LogP contribution is 2.31. The molecule has 7 nitrogen and oxygen atoms in total. The SMILES string of the molecule is Cc1ccc(C2(O)CCN(C(=O)[C@@H](N)Cc3cnc[nH]3)CC2)nc1. The Morgan fingerprint density at radius 2 is 2.17 bits per heavy atom. The molecule has 1 saturated heterocycles. The van der Waals surface area contributed by atoms with Crippen LogP contribution in [0.15, 0.2) is 30.9 Å². The van der Waals surface area contributed by atoms with Crippen molar-refractivity contribution in [2.24, 2.45) is 5.73 Å². The number of nitrogens with one attached hydrogen (secondary N) is 1. The van der Waals surface area contributed by atoms with E-state index in [4.69, 9.17) is 5.73 Å². The van der Waals surface area contributed by atoms with Crippen molar-refractivity contribution in [2.45, 2.75) is 37.8 Å². The van der Waals surface area contributed by atoms with Gasteiger partial charge in [0.2, 0.25) is 5.91 Å². The molecule has 0 spiro atoms. The molecule has 0 aliphatic carbocycles. The van der Waals surface area contributed by atoms with Gasteiger partial charge in [0.15, 0.2) is 0 Å². The van der Waals surface area contributed by atoms with Crippen LogP contribution in [-0.4, -0.2) is 50.0 Å². The van der Waals surface area contributed by atoms with Gasteiger partial charge in [0, 0.05) is 37.6 Å². The van der Waals surface area contributed by atoms with Crippen LogP contribution in [0.3, 0.4) is 0 Å². The summed E-state index contributed by atoms with van der Waals surface area (Å²) in [7, 11) is 0. The molecule has 24 heavy (non-hydrogen) atoms. The molecule has 1 aliphatic heterocycles. The molecule has 0 saturated carbocycles. The first-order valence-corrected chi connectivity index (χ1v) is 8.15. The first-order chi connectivity index (χ1) is 11.5. The van der Waals surface area contributed by atoms with Crippen LogP contribution >= 0.6 is 0 Å². The Bertz CT molecular complexity index is 676. The molecule has 2 aromatic heterocycles. The number of aliphatic hydroxyl groups is 1. The molecule has 0 aromatic carbocycles. The van der Waals surface area contributed by atoms with Crippen molar-refractivity contribution < 1.29 is 9.90 Å². The number of rotatable bonds is 4. The molecule has 1 aliphatic rings. The highest BCUT2D eigenvalue weighted by Gasteiger charge is 2.37. The smallest absolute Gasteiger partial charge is 0.239 e. The minimum atomic E-state index is -0.974. The van der Waals surface area contributed by atoms with Crippen molar-refractivity contribution >= 4 is 5.91 Å². The highest BCUT2D eigenvalue weighted by molar-refractivity contribution is 5.82. The molecule has 3 rings (SSSR count). The van der Waals surface area contributed by atoms with Crippen LogP contribution in [0.4, 0.5) is 0 Å². The van der Waals surface area contributed by atoms with Gasteiger partial charge in [0.05, 0.1) is 18.1 Å². The van der Waals surface area contributed by atoms with Gasteiger partial charge < -0.3 is 20.7 Å². The topological polar surface area (TPSA) is 108 Å². The lowest BCUT2D eigenvalue weighted by molar-refractivity contribution is -0.137. The number of nitrogens with two attached hydrogens (primary N) is 1. The number of likely N-dealkylation sites (tertiary alicyclic amines) is 1. The molecule has 1 atom stereocenters. The van der Waals surface area contributed by atoms with Crippen LogP contribution in [0.5, 0.6) is 0 Å². The van der Waals surface area contributed by atoms with E-state index in [1.54, 1.807) is 23.6 Å². The van der Waals surface area contributed by atoms with Gasteiger partial charge in [-0.25, -0.2) is 4.98 Å². The molecular formula is C17H23N5O2. The average molecular weight is 329 g/mol. The molecule has 4 N–H and O–H groups in total. The number of aryl methyl sites for hydroxylation is 1. The highest BCUT2D eigenvalue weighted by atomic mass is 16.3. The van der Waals surface area contributed by atoms with Crippen molar-refractivity contribution in [3.63, 3.8) is 0 Å². The number of carbonyl (C=O) groups is 1. The molecule has 0 radical (unpaired) electrons. The average Bonchev–Trinajstić information content (AvgIpc) is 3.08. The van der Waals surface area contributed by atoms with Crippen LogP contribution in [0.2, 0.25) is 0 Å². The summed E-state index contributed by atoms with van der Waals surface area (Å²) in [5.74, 6) is -0.0940. The van der Waals surface area contributed by atoms with Gasteiger partial charge in [-0.2, -0.15) is 0 Å². The molecular weight excluding hydrogens is 306 g/mol. The van der Waals surface area contributed by atoms with E-state index < -0.39 is 11.6 Å². The quantitative estimate of drug-likeness (QED) is 0.757. The number of amides is 1. The van der Waals surface area contributed by atoms with Gasteiger partial charge in [-0.05, 0) is 31.4 Å². The van der Waals surface area contributed by atoms with Crippen LogP contribution in [0.1, 0.15) is 29.8 Å². The zero-order valence-electron chi connectivity index (χ0n) is 13.8. The second kappa shape index (κ2) is 6.70. The summed E-state index contributed by atoms with van der Waals surface area (Å²) in [6, 6.07) is 3.20. The van der Waals surface area contributed by atoms with E-state index in [9.17, 15) is 9.90 Å². The van der Waals surface area contributed by atoms with Crippen molar-refractivity contribution in [3.05, 3.63) is 47.8 Å². The van der Waals surface area contributed by atoms with E-state index in [1.807, 2.05) is 19.1 Å². The molecule has 0 unspecified atom stereocenters. The number of pyridine rings is 1. The Morgan fingerprint density at radius 3 is 2.75 bits per heavy atom. The van der Waals surface area contributed by atoms with Gasteiger partial charge in [-0.3, -0.25) is 9.78 Å². The van der Waals surface area contributed by atoms with E-state index in [0.717, 1.165) is 11.3 Å². The number of H-pyrrole nitrogens is 1. The number of nitrogens with zero attached hydrogens (tertiary/aromatic N) is 3. The molecule has 1 fully saturated rings. The van der Waals surface area contributed by atoms with E-state index in [0.29, 0.717) is 38.0 Å².